The first-order valence-electron chi connectivity index (χ1n) is 5.01. The maximum Gasteiger partial charge on any atom is 0.416 e. The van der Waals surface area contributed by atoms with E-state index in [0.29, 0.717) is 13.1 Å². The monoisotopic (exact) mass is 232 g/mol. The fourth-order valence-electron chi connectivity index (χ4n) is 1.53. The van der Waals surface area contributed by atoms with Gasteiger partial charge in [0.1, 0.15) is 0 Å². The van der Waals surface area contributed by atoms with Crippen LogP contribution in [0.2, 0.25) is 0 Å². The summed E-state index contributed by atoms with van der Waals surface area (Å²) in [5, 5.41) is 2.96. The Labute approximate surface area is 92.6 Å². The highest BCUT2D eigenvalue weighted by molar-refractivity contribution is 5.27. The van der Waals surface area contributed by atoms with Gasteiger partial charge in [-0.2, -0.15) is 13.2 Å². The van der Waals surface area contributed by atoms with Gasteiger partial charge in [0, 0.05) is 19.0 Å². The molecule has 0 saturated heterocycles. The van der Waals surface area contributed by atoms with Gasteiger partial charge in [-0.3, -0.25) is 0 Å². The molecule has 3 N–H and O–H groups in total. The van der Waals surface area contributed by atoms with Crippen LogP contribution in [0.1, 0.15) is 17.0 Å². The number of rotatable bonds is 4. The summed E-state index contributed by atoms with van der Waals surface area (Å²) < 4.78 is 36.9. The molecule has 90 valence electrons. The molecule has 0 bridgehead atoms. The number of nitrogens with two attached hydrogens (primary N) is 1. The van der Waals surface area contributed by atoms with E-state index in [1.807, 2.05) is 0 Å². The molecule has 0 aromatic heterocycles. The van der Waals surface area contributed by atoms with Crippen molar-refractivity contribution in [3.05, 3.63) is 35.4 Å². The fourth-order valence-corrected chi connectivity index (χ4v) is 1.53. The maximum atomic E-state index is 12.3. The number of hydrogen-bond donors (Lipinski definition) is 2. The zero-order valence-corrected chi connectivity index (χ0v) is 9.01. The van der Waals surface area contributed by atoms with Crippen LogP contribution in [0.25, 0.3) is 0 Å². The van der Waals surface area contributed by atoms with Gasteiger partial charge in [0.05, 0.1) is 5.56 Å². The lowest BCUT2D eigenvalue weighted by Gasteiger charge is -2.15. The van der Waals surface area contributed by atoms with Crippen molar-refractivity contribution >= 4 is 0 Å². The topological polar surface area (TPSA) is 38.0 Å². The van der Waals surface area contributed by atoms with E-state index in [9.17, 15) is 13.2 Å². The minimum atomic E-state index is -4.28. The normalized spacial score (nSPS) is 13.8. The lowest BCUT2D eigenvalue weighted by atomic mass is 9.98. The number of benzene rings is 1. The van der Waals surface area contributed by atoms with Crippen LogP contribution in [0.15, 0.2) is 24.3 Å². The molecule has 1 aromatic carbocycles. The van der Waals surface area contributed by atoms with Gasteiger partial charge in [-0.15, -0.1) is 0 Å². The van der Waals surface area contributed by atoms with E-state index in [-0.39, 0.29) is 5.92 Å². The molecular weight excluding hydrogens is 217 g/mol. The molecule has 0 aliphatic rings. The molecule has 0 fully saturated rings. The predicted molar refractivity (Wildman–Crippen MR) is 57.2 cm³/mol. The highest BCUT2D eigenvalue weighted by Crippen LogP contribution is 2.29. The van der Waals surface area contributed by atoms with Gasteiger partial charge >= 0.3 is 6.18 Å². The predicted octanol–water partition coefficient (Wildman–Crippen LogP) is 1.97. The minimum absolute atomic E-state index is 0.0484. The van der Waals surface area contributed by atoms with Gasteiger partial charge in [0.25, 0.3) is 0 Å². The van der Waals surface area contributed by atoms with Crippen LogP contribution in [0, 0.1) is 0 Å². The molecule has 1 unspecified atom stereocenters. The third kappa shape index (κ3) is 3.21. The number of likely N-dealkylation sites (N-methyl/N-ethyl adjacent to an activating group) is 1. The molecule has 1 atom stereocenters. The number of alkyl halides is 3. The quantitative estimate of drug-likeness (QED) is 0.832. The molecule has 0 saturated carbocycles. The van der Waals surface area contributed by atoms with Crippen molar-refractivity contribution in [1.29, 1.82) is 0 Å². The van der Waals surface area contributed by atoms with Crippen molar-refractivity contribution in [2.75, 3.05) is 20.1 Å². The van der Waals surface area contributed by atoms with Gasteiger partial charge in [-0.05, 0) is 24.7 Å². The molecule has 0 heterocycles. The zero-order chi connectivity index (χ0) is 12.2. The summed E-state index contributed by atoms with van der Waals surface area (Å²) in [5.41, 5.74) is 5.75. The Balaban J connectivity index is 2.85. The molecule has 5 heteroatoms. The highest BCUT2D eigenvalue weighted by Gasteiger charge is 2.30. The summed E-state index contributed by atoms with van der Waals surface area (Å²) in [6, 6.07) is 5.15. The highest BCUT2D eigenvalue weighted by atomic mass is 19.4. The summed E-state index contributed by atoms with van der Waals surface area (Å²) in [6.07, 6.45) is -4.28. The SMILES string of the molecule is CNCC(CN)c1ccc(C(F)(F)F)cc1. The van der Waals surface area contributed by atoms with Gasteiger partial charge in [-0.1, -0.05) is 12.1 Å². The van der Waals surface area contributed by atoms with E-state index < -0.39 is 11.7 Å². The van der Waals surface area contributed by atoms with Crippen molar-refractivity contribution < 1.29 is 13.2 Å². The van der Waals surface area contributed by atoms with Gasteiger partial charge < -0.3 is 11.1 Å². The average molecular weight is 232 g/mol. The zero-order valence-electron chi connectivity index (χ0n) is 9.01. The van der Waals surface area contributed by atoms with Crippen LogP contribution >= 0.6 is 0 Å². The van der Waals surface area contributed by atoms with Crippen LogP contribution in [0.5, 0.6) is 0 Å². The fraction of sp³-hybridized carbons (Fsp3) is 0.455. The van der Waals surface area contributed by atoms with Crippen LogP contribution in [-0.2, 0) is 6.18 Å². The minimum Gasteiger partial charge on any atom is -0.330 e. The second-order valence-corrected chi connectivity index (χ2v) is 3.61. The summed E-state index contributed by atoms with van der Waals surface area (Å²) in [4.78, 5) is 0. The molecule has 0 amide bonds. The standard InChI is InChI=1S/C11H15F3N2/c1-16-7-9(6-15)8-2-4-10(5-3-8)11(12,13)14/h2-5,9,16H,6-7,15H2,1H3. The Morgan fingerprint density at radius 1 is 1.25 bits per heavy atom. The molecule has 16 heavy (non-hydrogen) atoms. The van der Waals surface area contributed by atoms with E-state index in [4.69, 9.17) is 5.73 Å². The lowest BCUT2D eigenvalue weighted by molar-refractivity contribution is -0.137. The van der Waals surface area contributed by atoms with Crippen molar-refractivity contribution in [3.63, 3.8) is 0 Å². The largest absolute Gasteiger partial charge is 0.416 e. The Hall–Kier alpha value is -1.07. The summed E-state index contributed by atoms with van der Waals surface area (Å²) >= 11 is 0. The average Bonchev–Trinajstić information content (AvgIpc) is 2.25. The molecule has 0 spiro atoms. The third-order valence-corrected chi connectivity index (χ3v) is 2.44. The Kier molecular flexibility index (Phi) is 4.32. The van der Waals surface area contributed by atoms with E-state index >= 15 is 0 Å². The first-order valence-corrected chi connectivity index (χ1v) is 5.01. The number of halogens is 3. The number of hydrogen-bond acceptors (Lipinski definition) is 2. The molecule has 0 aliphatic carbocycles. The van der Waals surface area contributed by atoms with Gasteiger partial charge in [-0.25, -0.2) is 0 Å². The second-order valence-electron chi connectivity index (χ2n) is 3.61. The lowest BCUT2D eigenvalue weighted by Crippen LogP contribution is -2.24. The van der Waals surface area contributed by atoms with Crippen LogP contribution in [0.3, 0.4) is 0 Å². The van der Waals surface area contributed by atoms with Crippen LogP contribution in [-0.4, -0.2) is 20.1 Å². The summed E-state index contributed by atoms with van der Waals surface area (Å²) in [7, 11) is 1.78. The van der Waals surface area contributed by atoms with Crippen molar-refractivity contribution in [3.8, 4) is 0 Å². The molecule has 0 radical (unpaired) electrons. The molecular formula is C11H15F3N2. The summed E-state index contributed by atoms with van der Waals surface area (Å²) in [6.45, 7) is 1.06. The smallest absolute Gasteiger partial charge is 0.330 e. The van der Waals surface area contributed by atoms with Gasteiger partial charge in [0.15, 0.2) is 0 Å². The molecule has 2 nitrogen and oxygen atoms in total. The van der Waals surface area contributed by atoms with Crippen LogP contribution < -0.4 is 11.1 Å². The Bertz CT molecular complexity index is 319. The molecule has 1 aromatic rings. The van der Waals surface area contributed by atoms with E-state index in [1.165, 1.54) is 12.1 Å². The molecule has 1 rings (SSSR count). The Morgan fingerprint density at radius 3 is 2.19 bits per heavy atom. The van der Waals surface area contributed by atoms with E-state index in [0.717, 1.165) is 17.7 Å². The Morgan fingerprint density at radius 2 is 1.81 bits per heavy atom. The van der Waals surface area contributed by atoms with Crippen molar-refractivity contribution in [2.24, 2.45) is 5.73 Å². The third-order valence-electron chi connectivity index (χ3n) is 2.44. The van der Waals surface area contributed by atoms with E-state index in [1.54, 1.807) is 7.05 Å². The summed E-state index contributed by atoms with van der Waals surface area (Å²) in [5.74, 6) is 0.0484. The molecule has 0 aliphatic heterocycles. The second kappa shape index (κ2) is 5.32. The van der Waals surface area contributed by atoms with Crippen LogP contribution in [0.4, 0.5) is 13.2 Å². The first kappa shape index (κ1) is 13.0. The van der Waals surface area contributed by atoms with Crippen molar-refractivity contribution in [2.45, 2.75) is 12.1 Å². The maximum absolute atomic E-state index is 12.3. The van der Waals surface area contributed by atoms with E-state index in [2.05, 4.69) is 5.32 Å². The van der Waals surface area contributed by atoms with Crippen molar-refractivity contribution in [1.82, 2.24) is 5.32 Å². The van der Waals surface area contributed by atoms with Gasteiger partial charge in [0.2, 0.25) is 0 Å². The first-order chi connectivity index (χ1) is 7.49. The number of nitrogens with one attached hydrogen (secondary N) is 1.